The highest BCUT2D eigenvalue weighted by Gasteiger charge is 2.23. The smallest absolute Gasteiger partial charge is 0.119 e. The number of hydrogen-bond donors (Lipinski definition) is 0. The molecule has 0 aliphatic carbocycles. The first kappa shape index (κ1) is 20.6. The molecule has 3 aromatic carbocycles. The number of rotatable bonds is 10. The molecule has 32 heavy (non-hydrogen) atoms. The summed E-state index contributed by atoms with van der Waals surface area (Å²) in [7, 11) is 0. The van der Waals surface area contributed by atoms with E-state index < -0.39 is 0 Å². The Bertz CT molecular complexity index is 969. The molecule has 3 aromatic rings. The quantitative estimate of drug-likeness (QED) is 0.313. The molecular weight excluding hydrogens is 400 g/mol. The van der Waals surface area contributed by atoms with Crippen LogP contribution in [0.4, 0.5) is 0 Å². The van der Waals surface area contributed by atoms with Crippen LogP contribution in [0, 0.1) is 0 Å². The average molecular weight is 427 g/mol. The van der Waals surface area contributed by atoms with Crippen LogP contribution in [-0.4, -0.2) is 38.6 Å². The summed E-state index contributed by atoms with van der Waals surface area (Å²) in [5, 5.41) is 0. The van der Waals surface area contributed by atoms with Crippen LogP contribution in [0.25, 0.3) is 24.3 Å². The van der Waals surface area contributed by atoms with Crippen LogP contribution in [0.5, 0.6) is 11.5 Å². The minimum Gasteiger partial charge on any atom is -0.491 e. The van der Waals surface area contributed by atoms with Crippen LogP contribution < -0.4 is 9.47 Å². The SMILES string of the molecule is C(=C\c1ccc(OCC2CO2)cc1)/c1ccc(/C=C/c2ccc(OCC3CO3)cc2)cc1. The predicted octanol–water partition coefficient (Wildman–Crippen LogP) is 5.58. The number of epoxide rings is 2. The van der Waals surface area contributed by atoms with Gasteiger partial charge in [0.2, 0.25) is 0 Å². The molecule has 0 amide bonds. The molecule has 0 radical (unpaired) electrons. The fourth-order valence-corrected chi connectivity index (χ4v) is 3.16. The summed E-state index contributed by atoms with van der Waals surface area (Å²) < 4.78 is 21.7. The van der Waals surface area contributed by atoms with Crippen molar-refractivity contribution >= 4 is 24.3 Å². The van der Waals surface area contributed by atoms with Crippen molar-refractivity contribution in [3.8, 4) is 11.5 Å². The van der Waals surface area contributed by atoms with Gasteiger partial charge in [-0.05, 0) is 46.5 Å². The summed E-state index contributed by atoms with van der Waals surface area (Å²) in [4.78, 5) is 0. The first-order valence-electron chi connectivity index (χ1n) is 11.0. The zero-order valence-electron chi connectivity index (χ0n) is 17.9. The van der Waals surface area contributed by atoms with Crippen molar-refractivity contribution in [1.29, 1.82) is 0 Å². The molecule has 2 heterocycles. The van der Waals surface area contributed by atoms with E-state index in [0.717, 1.165) is 47.0 Å². The highest BCUT2D eigenvalue weighted by atomic mass is 16.6. The summed E-state index contributed by atoms with van der Waals surface area (Å²) >= 11 is 0. The van der Waals surface area contributed by atoms with Gasteiger partial charge in [0.25, 0.3) is 0 Å². The average Bonchev–Trinajstić information content (AvgIpc) is 3.76. The maximum atomic E-state index is 5.68. The molecule has 0 aromatic heterocycles. The Kier molecular flexibility index (Phi) is 6.33. The molecule has 162 valence electrons. The van der Waals surface area contributed by atoms with Crippen LogP contribution in [-0.2, 0) is 9.47 Å². The van der Waals surface area contributed by atoms with Crippen molar-refractivity contribution in [3.63, 3.8) is 0 Å². The van der Waals surface area contributed by atoms with E-state index in [0.29, 0.717) is 13.2 Å². The summed E-state index contributed by atoms with van der Waals surface area (Å²) in [6, 6.07) is 24.7. The van der Waals surface area contributed by atoms with Crippen LogP contribution >= 0.6 is 0 Å². The summed E-state index contributed by atoms with van der Waals surface area (Å²) in [5.74, 6) is 1.76. The molecule has 2 aliphatic rings. The normalized spacial score (nSPS) is 19.4. The second-order valence-corrected chi connectivity index (χ2v) is 8.00. The molecule has 4 nitrogen and oxygen atoms in total. The molecule has 4 heteroatoms. The Morgan fingerprint density at radius 2 is 0.812 bits per heavy atom. The summed E-state index contributed by atoms with van der Waals surface area (Å²) in [5.41, 5.74) is 4.60. The monoisotopic (exact) mass is 426 g/mol. The number of hydrogen-bond acceptors (Lipinski definition) is 4. The summed E-state index contributed by atoms with van der Waals surface area (Å²) in [6.45, 7) is 2.89. The van der Waals surface area contributed by atoms with E-state index in [-0.39, 0.29) is 12.2 Å². The number of ether oxygens (including phenoxy) is 4. The van der Waals surface area contributed by atoms with Gasteiger partial charge in [-0.2, -0.15) is 0 Å². The van der Waals surface area contributed by atoms with E-state index in [2.05, 4.69) is 72.8 Å². The van der Waals surface area contributed by atoms with Crippen LogP contribution in [0.1, 0.15) is 22.3 Å². The zero-order valence-corrected chi connectivity index (χ0v) is 17.9. The number of benzene rings is 3. The van der Waals surface area contributed by atoms with Gasteiger partial charge in [-0.15, -0.1) is 0 Å². The largest absolute Gasteiger partial charge is 0.491 e. The second kappa shape index (κ2) is 9.86. The Labute approximate surface area is 188 Å². The van der Waals surface area contributed by atoms with Crippen molar-refractivity contribution in [2.24, 2.45) is 0 Å². The highest BCUT2D eigenvalue weighted by molar-refractivity contribution is 5.73. The fourth-order valence-electron chi connectivity index (χ4n) is 3.16. The third kappa shape index (κ3) is 6.33. The molecule has 5 rings (SSSR count). The molecule has 2 saturated heterocycles. The Balaban J connectivity index is 1.12. The first-order chi connectivity index (χ1) is 15.8. The lowest BCUT2D eigenvalue weighted by atomic mass is 10.1. The fraction of sp³-hybridized carbons (Fsp3) is 0.214. The third-order valence-electron chi connectivity index (χ3n) is 5.31. The minimum absolute atomic E-state index is 0.278. The first-order valence-corrected chi connectivity index (χ1v) is 11.0. The van der Waals surface area contributed by atoms with Gasteiger partial charge in [-0.3, -0.25) is 0 Å². The maximum absolute atomic E-state index is 5.68. The predicted molar refractivity (Wildman–Crippen MR) is 128 cm³/mol. The van der Waals surface area contributed by atoms with Gasteiger partial charge in [0.15, 0.2) is 0 Å². The topological polar surface area (TPSA) is 43.5 Å². The van der Waals surface area contributed by atoms with Crippen molar-refractivity contribution < 1.29 is 18.9 Å². The zero-order chi connectivity index (χ0) is 21.6. The van der Waals surface area contributed by atoms with Crippen LogP contribution in [0.3, 0.4) is 0 Å². The lowest BCUT2D eigenvalue weighted by molar-refractivity contribution is 0.263. The molecule has 0 spiro atoms. The molecule has 2 atom stereocenters. The molecule has 2 aliphatic heterocycles. The molecule has 2 unspecified atom stereocenters. The highest BCUT2D eigenvalue weighted by Crippen LogP contribution is 2.19. The van der Waals surface area contributed by atoms with Crippen molar-refractivity contribution in [1.82, 2.24) is 0 Å². The lowest BCUT2D eigenvalue weighted by Crippen LogP contribution is -2.03. The van der Waals surface area contributed by atoms with Gasteiger partial charge < -0.3 is 18.9 Å². The van der Waals surface area contributed by atoms with Gasteiger partial charge in [-0.25, -0.2) is 0 Å². The van der Waals surface area contributed by atoms with Crippen LogP contribution in [0.2, 0.25) is 0 Å². The van der Waals surface area contributed by atoms with Gasteiger partial charge in [0.1, 0.15) is 36.9 Å². The molecule has 2 fully saturated rings. The van der Waals surface area contributed by atoms with Crippen molar-refractivity contribution in [2.45, 2.75) is 12.2 Å². The van der Waals surface area contributed by atoms with E-state index >= 15 is 0 Å². The van der Waals surface area contributed by atoms with Gasteiger partial charge >= 0.3 is 0 Å². The summed E-state index contributed by atoms with van der Waals surface area (Å²) in [6.07, 6.45) is 9.01. The van der Waals surface area contributed by atoms with E-state index in [1.165, 1.54) is 0 Å². The van der Waals surface area contributed by atoms with E-state index in [1.54, 1.807) is 0 Å². The van der Waals surface area contributed by atoms with E-state index in [4.69, 9.17) is 18.9 Å². The van der Waals surface area contributed by atoms with E-state index in [1.807, 2.05) is 24.3 Å². The van der Waals surface area contributed by atoms with E-state index in [9.17, 15) is 0 Å². The Hall–Kier alpha value is -3.34. The third-order valence-corrected chi connectivity index (χ3v) is 5.31. The molecule has 0 bridgehead atoms. The van der Waals surface area contributed by atoms with Crippen molar-refractivity contribution in [3.05, 3.63) is 95.1 Å². The van der Waals surface area contributed by atoms with Gasteiger partial charge in [-0.1, -0.05) is 72.8 Å². The molecule has 0 N–H and O–H groups in total. The molecule has 0 saturated carbocycles. The maximum Gasteiger partial charge on any atom is 0.119 e. The minimum atomic E-state index is 0.278. The Morgan fingerprint density at radius 1 is 0.531 bits per heavy atom. The second-order valence-electron chi connectivity index (χ2n) is 8.00. The van der Waals surface area contributed by atoms with Gasteiger partial charge in [0.05, 0.1) is 13.2 Å². The standard InChI is InChI=1S/C28H26O4/c1-2-22(6-8-24-11-15-26(16-12-24)30-18-28-20-32-28)4-3-21(1)5-7-23-9-13-25(14-10-23)29-17-27-19-31-27/h1-16,27-28H,17-20H2/b7-5+,8-6+. The lowest BCUT2D eigenvalue weighted by Gasteiger charge is -2.04. The molecular formula is C28H26O4. The Morgan fingerprint density at radius 3 is 1.09 bits per heavy atom. The van der Waals surface area contributed by atoms with Crippen LogP contribution in [0.15, 0.2) is 72.8 Å². The van der Waals surface area contributed by atoms with Crippen molar-refractivity contribution in [2.75, 3.05) is 26.4 Å². The van der Waals surface area contributed by atoms with Gasteiger partial charge in [0, 0.05) is 0 Å².